The van der Waals surface area contributed by atoms with E-state index in [9.17, 15) is 9.59 Å². The first-order chi connectivity index (χ1) is 12.5. The van der Waals surface area contributed by atoms with Gasteiger partial charge < -0.3 is 10.2 Å². The van der Waals surface area contributed by atoms with Gasteiger partial charge in [-0.1, -0.05) is 37.0 Å². The van der Waals surface area contributed by atoms with Gasteiger partial charge in [0.05, 0.1) is 10.0 Å². The second-order valence-electron chi connectivity index (χ2n) is 5.80. The van der Waals surface area contributed by atoms with E-state index in [0.717, 1.165) is 12.8 Å². The summed E-state index contributed by atoms with van der Waals surface area (Å²) in [6.07, 6.45) is 3.19. The fourth-order valence-corrected chi connectivity index (χ4v) is 2.78. The van der Waals surface area contributed by atoms with Crippen LogP contribution in [0.4, 0.5) is 5.69 Å². The van der Waals surface area contributed by atoms with Crippen LogP contribution in [0.2, 0.25) is 10.0 Å². The third-order valence-electron chi connectivity index (χ3n) is 3.69. The number of aromatic nitrogens is 1. The number of carbonyl (C=O) groups excluding carboxylic acids is 2. The highest BCUT2D eigenvalue weighted by atomic mass is 35.5. The number of nitrogens with zero attached hydrogens (tertiary/aromatic N) is 2. The van der Waals surface area contributed by atoms with Crippen molar-refractivity contribution >= 4 is 40.7 Å². The summed E-state index contributed by atoms with van der Waals surface area (Å²) in [6, 6.07) is 7.90. The van der Waals surface area contributed by atoms with Crippen LogP contribution in [0.15, 0.2) is 36.5 Å². The number of rotatable bonds is 7. The molecule has 0 atom stereocenters. The van der Waals surface area contributed by atoms with E-state index >= 15 is 0 Å². The SMILES string of the molecule is CCCN(CCC)C(=O)c1cc(C(=O)Nc2ccc(Cl)c(Cl)c2)ccn1. The average molecular weight is 394 g/mol. The molecule has 138 valence electrons. The van der Waals surface area contributed by atoms with Crippen LogP contribution in [0, 0.1) is 0 Å². The third-order valence-corrected chi connectivity index (χ3v) is 4.43. The fraction of sp³-hybridized carbons (Fsp3) is 0.316. The van der Waals surface area contributed by atoms with Crippen molar-refractivity contribution in [1.82, 2.24) is 9.88 Å². The number of amides is 2. The van der Waals surface area contributed by atoms with Crippen LogP contribution in [-0.2, 0) is 0 Å². The van der Waals surface area contributed by atoms with Crippen molar-refractivity contribution in [1.29, 1.82) is 0 Å². The summed E-state index contributed by atoms with van der Waals surface area (Å²) in [5.74, 6) is -0.518. The Kier molecular flexibility index (Phi) is 7.42. The molecule has 0 unspecified atom stereocenters. The van der Waals surface area contributed by atoms with Crippen LogP contribution in [0.1, 0.15) is 47.5 Å². The largest absolute Gasteiger partial charge is 0.337 e. The predicted molar refractivity (Wildman–Crippen MR) is 105 cm³/mol. The Morgan fingerprint density at radius 3 is 2.35 bits per heavy atom. The van der Waals surface area contributed by atoms with Crippen LogP contribution in [0.5, 0.6) is 0 Å². The van der Waals surface area contributed by atoms with Gasteiger partial charge in [-0.25, -0.2) is 0 Å². The van der Waals surface area contributed by atoms with Crippen LogP contribution in [0.25, 0.3) is 0 Å². The van der Waals surface area contributed by atoms with Gasteiger partial charge >= 0.3 is 0 Å². The first kappa shape index (κ1) is 20.2. The summed E-state index contributed by atoms with van der Waals surface area (Å²) >= 11 is 11.8. The van der Waals surface area contributed by atoms with Crippen molar-refractivity contribution in [2.24, 2.45) is 0 Å². The lowest BCUT2D eigenvalue weighted by molar-refractivity contribution is 0.0749. The Bertz CT molecular complexity index is 790. The lowest BCUT2D eigenvalue weighted by Crippen LogP contribution is -2.33. The predicted octanol–water partition coefficient (Wildman–Crippen LogP) is 4.90. The van der Waals surface area contributed by atoms with Gasteiger partial charge in [-0.2, -0.15) is 0 Å². The maximum absolute atomic E-state index is 12.6. The van der Waals surface area contributed by atoms with Gasteiger partial charge in [-0.3, -0.25) is 14.6 Å². The first-order valence-corrected chi connectivity index (χ1v) is 9.23. The Balaban J connectivity index is 2.17. The summed E-state index contributed by atoms with van der Waals surface area (Å²) in [6.45, 7) is 5.36. The number of anilines is 1. The van der Waals surface area contributed by atoms with Gasteiger partial charge in [0.25, 0.3) is 11.8 Å². The lowest BCUT2D eigenvalue weighted by atomic mass is 10.2. The van der Waals surface area contributed by atoms with E-state index in [0.29, 0.717) is 34.4 Å². The highest BCUT2D eigenvalue weighted by molar-refractivity contribution is 6.42. The molecule has 0 saturated carbocycles. The molecule has 5 nitrogen and oxygen atoms in total. The number of pyridine rings is 1. The molecule has 0 aliphatic rings. The Morgan fingerprint density at radius 2 is 1.73 bits per heavy atom. The van der Waals surface area contributed by atoms with Gasteiger partial charge in [0, 0.05) is 30.5 Å². The van der Waals surface area contributed by atoms with E-state index in [1.807, 2.05) is 13.8 Å². The van der Waals surface area contributed by atoms with Gasteiger partial charge in [-0.15, -0.1) is 0 Å². The zero-order valence-electron chi connectivity index (χ0n) is 14.8. The van der Waals surface area contributed by atoms with Gasteiger partial charge in [0.15, 0.2) is 0 Å². The third kappa shape index (κ3) is 5.19. The normalized spacial score (nSPS) is 10.5. The molecular weight excluding hydrogens is 373 g/mol. The van der Waals surface area contributed by atoms with E-state index in [1.54, 1.807) is 29.2 Å². The number of carbonyl (C=O) groups is 2. The van der Waals surface area contributed by atoms with Crippen LogP contribution in [0.3, 0.4) is 0 Å². The Labute approximate surface area is 163 Å². The molecule has 1 aromatic heterocycles. The van der Waals surface area contributed by atoms with Crippen molar-refractivity contribution < 1.29 is 9.59 Å². The number of benzene rings is 1. The molecule has 0 aliphatic heterocycles. The minimum absolute atomic E-state index is 0.169. The molecule has 26 heavy (non-hydrogen) atoms. The minimum Gasteiger partial charge on any atom is -0.337 e. The number of hydrogen-bond acceptors (Lipinski definition) is 3. The molecule has 0 fully saturated rings. The zero-order valence-corrected chi connectivity index (χ0v) is 16.3. The van der Waals surface area contributed by atoms with Crippen molar-refractivity contribution in [3.8, 4) is 0 Å². The molecule has 2 amide bonds. The molecule has 7 heteroatoms. The highest BCUT2D eigenvalue weighted by Gasteiger charge is 2.17. The van der Waals surface area contributed by atoms with Crippen LogP contribution >= 0.6 is 23.2 Å². The molecular formula is C19H21Cl2N3O2. The molecule has 1 heterocycles. The molecule has 0 aliphatic carbocycles. The standard InChI is InChI=1S/C19H21Cl2N3O2/c1-3-9-24(10-4-2)19(26)17-11-13(7-8-22-17)18(25)23-14-5-6-15(20)16(21)12-14/h5-8,11-12H,3-4,9-10H2,1-2H3,(H,23,25). The maximum Gasteiger partial charge on any atom is 0.272 e. The Hall–Kier alpha value is -2.11. The second kappa shape index (κ2) is 9.55. The smallest absolute Gasteiger partial charge is 0.272 e. The molecule has 0 bridgehead atoms. The van der Waals surface area contributed by atoms with Gasteiger partial charge in [0.2, 0.25) is 0 Å². The fourth-order valence-electron chi connectivity index (χ4n) is 2.48. The van der Waals surface area contributed by atoms with E-state index in [4.69, 9.17) is 23.2 Å². The molecule has 2 rings (SSSR count). The summed E-state index contributed by atoms with van der Waals surface area (Å²) in [5, 5.41) is 3.50. The van der Waals surface area contributed by atoms with Gasteiger partial charge in [0.1, 0.15) is 5.69 Å². The lowest BCUT2D eigenvalue weighted by Gasteiger charge is -2.21. The summed E-state index contributed by atoms with van der Waals surface area (Å²) in [7, 11) is 0. The number of nitrogens with one attached hydrogen (secondary N) is 1. The van der Waals surface area contributed by atoms with Crippen LogP contribution in [-0.4, -0.2) is 34.8 Å². The second-order valence-corrected chi connectivity index (χ2v) is 6.62. The van der Waals surface area contributed by atoms with Crippen molar-refractivity contribution in [2.45, 2.75) is 26.7 Å². The molecule has 1 N–H and O–H groups in total. The van der Waals surface area contributed by atoms with Crippen molar-refractivity contribution in [3.05, 3.63) is 57.8 Å². The summed E-state index contributed by atoms with van der Waals surface area (Å²) in [4.78, 5) is 31.0. The first-order valence-electron chi connectivity index (χ1n) is 8.48. The van der Waals surface area contributed by atoms with E-state index in [1.165, 1.54) is 12.3 Å². The average Bonchev–Trinajstić information content (AvgIpc) is 2.64. The quantitative estimate of drug-likeness (QED) is 0.726. The summed E-state index contributed by atoms with van der Waals surface area (Å²) in [5.41, 5.74) is 1.13. The van der Waals surface area contributed by atoms with Crippen molar-refractivity contribution in [2.75, 3.05) is 18.4 Å². The Morgan fingerprint density at radius 1 is 1.04 bits per heavy atom. The van der Waals surface area contributed by atoms with E-state index in [-0.39, 0.29) is 17.5 Å². The molecule has 0 radical (unpaired) electrons. The topological polar surface area (TPSA) is 62.3 Å². The molecule has 2 aromatic rings. The van der Waals surface area contributed by atoms with Gasteiger partial charge in [-0.05, 0) is 43.2 Å². The van der Waals surface area contributed by atoms with E-state index in [2.05, 4.69) is 10.3 Å². The number of hydrogen-bond donors (Lipinski definition) is 1. The van der Waals surface area contributed by atoms with E-state index < -0.39 is 0 Å². The molecule has 1 aromatic carbocycles. The zero-order chi connectivity index (χ0) is 19.1. The van der Waals surface area contributed by atoms with Crippen LogP contribution < -0.4 is 5.32 Å². The summed E-state index contributed by atoms with van der Waals surface area (Å²) < 4.78 is 0. The van der Waals surface area contributed by atoms with Crippen molar-refractivity contribution in [3.63, 3.8) is 0 Å². The maximum atomic E-state index is 12.6. The highest BCUT2D eigenvalue weighted by Crippen LogP contribution is 2.25. The minimum atomic E-state index is -0.350. The number of halogens is 2. The molecule has 0 spiro atoms. The monoisotopic (exact) mass is 393 g/mol. The molecule has 0 saturated heterocycles.